The molecule has 1 heterocycles. The normalized spacial score (nSPS) is 9.80. The van der Waals surface area contributed by atoms with Crippen LogP contribution in [0.1, 0.15) is 11.1 Å². The van der Waals surface area contributed by atoms with Crippen LogP contribution in [0.4, 0.5) is 5.69 Å². The number of phenolic OH excluding ortho intramolecular Hbond substituents is 1. The molecule has 1 N–H and O–H groups in total. The van der Waals surface area contributed by atoms with Crippen LogP contribution in [0.5, 0.6) is 17.4 Å². The summed E-state index contributed by atoms with van der Waals surface area (Å²) >= 11 is 0. The summed E-state index contributed by atoms with van der Waals surface area (Å²) in [5.74, 6) is -0.0555. The zero-order valence-corrected chi connectivity index (χ0v) is 10.4. The third kappa shape index (κ3) is 2.35. The molecule has 0 aliphatic rings. The monoisotopic (exact) mass is 271 g/mol. The molecule has 0 bridgehead atoms. The summed E-state index contributed by atoms with van der Waals surface area (Å²) in [5.41, 5.74) is -0.221. The summed E-state index contributed by atoms with van der Waals surface area (Å²) in [5, 5.41) is 29.5. The van der Waals surface area contributed by atoms with Crippen LogP contribution < -0.4 is 4.74 Å². The van der Waals surface area contributed by atoms with Crippen molar-refractivity contribution in [3.63, 3.8) is 0 Å². The molecular formula is C13H9N3O4. The number of aromatic hydroxyl groups is 1. The Labute approximate surface area is 113 Å². The molecule has 0 spiro atoms. The van der Waals surface area contributed by atoms with Crippen molar-refractivity contribution in [2.45, 2.75) is 6.92 Å². The second kappa shape index (κ2) is 5.24. The Kier molecular flexibility index (Phi) is 3.48. The van der Waals surface area contributed by atoms with Gasteiger partial charge in [-0.2, -0.15) is 5.26 Å². The number of nitrogens with zero attached hydrogens (tertiary/aromatic N) is 3. The first kappa shape index (κ1) is 13.3. The van der Waals surface area contributed by atoms with Gasteiger partial charge in [0.1, 0.15) is 23.1 Å². The lowest BCUT2D eigenvalue weighted by Gasteiger charge is -2.09. The molecule has 1 aromatic heterocycles. The van der Waals surface area contributed by atoms with Crippen LogP contribution in [0.25, 0.3) is 0 Å². The Bertz CT molecular complexity index is 722. The molecule has 1 aromatic carbocycles. The van der Waals surface area contributed by atoms with E-state index in [0.717, 1.165) is 0 Å². The van der Waals surface area contributed by atoms with Crippen LogP contribution in [0.15, 0.2) is 30.5 Å². The summed E-state index contributed by atoms with van der Waals surface area (Å²) in [6.07, 6.45) is 1.25. The number of ether oxygens (including phenoxy) is 1. The fourth-order valence-corrected chi connectivity index (χ4v) is 1.59. The average Bonchev–Trinajstić information content (AvgIpc) is 2.43. The van der Waals surface area contributed by atoms with E-state index in [2.05, 4.69) is 4.98 Å². The van der Waals surface area contributed by atoms with Crippen molar-refractivity contribution in [1.29, 1.82) is 5.26 Å². The topological polar surface area (TPSA) is 109 Å². The van der Waals surface area contributed by atoms with Gasteiger partial charge in [-0.25, -0.2) is 4.98 Å². The molecule has 0 unspecified atom stereocenters. The zero-order valence-electron chi connectivity index (χ0n) is 10.4. The highest BCUT2D eigenvalue weighted by atomic mass is 16.6. The largest absolute Gasteiger partial charge is 0.508 e. The second-order valence-electron chi connectivity index (χ2n) is 3.88. The molecule has 0 aliphatic carbocycles. The van der Waals surface area contributed by atoms with Gasteiger partial charge >= 0.3 is 11.6 Å². The van der Waals surface area contributed by atoms with Crippen LogP contribution in [-0.2, 0) is 0 Å². The van der Waals surface area contributed by atoms with Gasteiger partial charge in [-0.3, -0.25) is 10.1 Å². The number of phenols is 1. The third-order valence-electron chi connectivity index (χ3n) is 2.66. The Morgan fingerprint density at radius 1 is 1.45 bits per heavy atom. The van der Waals surface area contributed by atoms with Gasteiger partial charge in [0.25, 0.3) is 0 Å². The molecule has 2 rings (SSSR count). The summed E-state index contributed by atoms with van der Waals surface area (Å²) in [6.45, 7) is 1.60. The predicted molar refractivity (Wildman–Crippen MR) is 68.5 cm³/mol. The molecule has 0 atom stereocenters. The molecule has 0 saturated carbocycles. The van der Waals surface area contributed by atoms with E-state index in [1.54, 1.807) is 19.1 Å². The zero-order chi connectivity index (χ0) is 14.7. The number of nitro groups is 1. The number of aromatic nitrogens is 1. The Morgan fingerprint density at radius 2 is 2.20 bits per heavy atom. The quantitative estimate of drug-likeness (QED) is 0.678. The van der Waals surface area contributed by atoms with Gasteiger partial charge < -0.3 is 9.84 Å². The minimum absolute atomic E-state index is 0.00147. The summed E-state index contributed by atoms with van der Waals surface area (Å²) in [6, 6.07) is 7.50. The Balaban J connectivity index is 2.52. The maximum absolute atomic E-state index is 11.0. The Hall–Kier alpha value is -3.14. The van der Waals surface area contributed by atoms with Crippen LogP contribution in [0, 0.1) is 28.4 Å². The number of benzene rings is 1. The number of hydrogen-bond acceptors (Lipinski definition) is 6. The molecule has 2 aromatic rings. The van der Waals surface area contributed by atoms with E-state index in [1.165, 1.54) is 24.4 Å². The van der Waals surface area contributed by atoms with E-state index in [1.807, 2.05) is 0 Å². The molecule has 7 heteroatoms. The van der Waals surface area contributed by atoms with Gasteiger partial charge in [-0.15, -0.1) is 0 Å². The first-order valence-electron chi connectivity index (χ1n) is 5.54. The fraction of sp³-hybridized carbons (Fsp3) is 0.0769. The first-order chi connectivity index (χ1) is 9.54. The minimum Gasteiger partial charge on any atom is -0.508 e. The lowest BCUT2D eigenvalue weighted by atomic mass is 10.2. The standard InChI is InChI=1S/C13H9N3O4/c1-8-10(17)3-2-4-11(8)20-13-12(16(18)19)9(7-14)5-6-15-13/h2-6,17H,1H3. The van der Waals surface area contributed by atoms with Crippen LogP contribution in [0.2, 0.25) is 0 Å². The van der Waals surface area contributed by atoms with Crippen molar-refractivity contribution in [1.82, 2.24) is 4.98 Å². The summed E-state index contributed by atoms with van der Waals surface area (Å²) < 4.78 is 5.36. The van der Waals surface area contributed by atoms with Gasteiger partial charge in [-0.1, -0.05) is 6.07 Å². The van der Waals surface area contributed by atoms with E-state index in [9.17, 15) is 15.2 Å². The van der Waals surface area contributed by atoms with Crippen LogP contribution in [0.3, 0.4) is 0 Å². The van der Waals surface area contributed by atoms with E-state index >= 15 is 0 Å². The van der Waals surface area contributed by atoms with Gasteiger partial charge in [0.15, 0.2) is 0 Å². The summed E-state index contributed by atoms with van der Waals surface area (Å²) in [4.78, 5) is 14.1. The van der Waals surface area contributed by atoms with Gasteiger partial charge in [-0.05, 0) is 25.1 Å². The average molecular weight is 271 g/mol. The smallest absolute Gasteiger partial charge is 0.348 e. The van der Waals surface area contributed by atoms with Gasteiger partial charge in [0.05, 0.1) is 4.92 Å². The van der Waals surface area contributed by atoms with Crippen molar-refractivity contribution >= 4 is 5.69 Å². The molecule has 0 fully saturated rings. The maximum Gasteiger partial charge on any atom is 0.348 e. The van der Waals surface area contributed by atoms with Crippen molar-refractivity contribution in [2.75, 3.05) is 0 Å². The molecule has 20 heavy (non-hydrogen) atoms. The molecular weight excluding hydrogens is 262 g/mol. The van der Waals surface area contributed by atoms with Crippen LogP contribution in [-0.4, -0.2) is 15.0 Å². The van der Waals surface area contributed by atoms with Crippen molar-refractivity contribution in [2.24, 2.45) is 0 Å². The summed E-state index contributed by atoms with van der Waals surface area (Å²) in [7, 11) is 0. The van der Waals surface area contributed by atoms with Crippen molar-refractivity contribution in [3.05, 3.63) is 51.7 Å². The van der Waals surface area contributed by atoms with Gasteiger partial charge in [0, 0.05) is 11.8 Å². The first-order valence-corrected chi connectivity index (χ1v) is 5.54. The SMILES string of the molecule is Cc1c(O)cccc1Oc1nccc(C#N)c1[N+](=O)[O-]. The fourth-order valence-electron chi connectivity index (χ4n) is 1.59. The minimum atomic E-state index is -0.723. The van der Waals surface area contributed by atoms with Crippen molar-refractivity contribution in [3.8, 4) is 23.4 Å². The number of pyridine rings is 1. The van der Waals surface area contributed by atoms with E-state index < -0.39 is 10.6 Å². The van der Waals surface area contributed by atoms with E-state index in [0.29, 0.717) is 5.56 Å². The highest BCUT2D eigenvalue weighted by Crippen LogP contribution is 2.35. The highest BCUT2D eigenvalue weighted by Gasteiger charge is 2.23. The number of nitriles is 1. The maximum atomic E-state index is 11.0. The highest BCUT2D eigenvalue weighted by molar-refractivity contribution is 5.56. The van der Waals surface area contributed by atoms with Gasteiger partial charge in [0.2, 0.25) is 0 Å². The molecule has 100 valence electrons. The lowest BCUT2D eigenvalue weighted by Crippen LogP contribution is -1.99. The van der Waals surface area contributed by atoms with Crippen LogP contribution >= 0.6 is 0 Å². The Morgan fingerprint density at radius 3 is 2.85 bits per heavy atom. The lowest BCUT2D eigenvalue weighted by molar-refractivity contribution is -0.386. The number of hydrogen-bond donors (Lipinski definition) is 1. The molecule has 7 nitrogen and oxygen atoms in total. The predicted octanol–water partition coefficient (Wildman–Crippen LogP) is 2.67. The molecule has 0 radical (unpaired) electrons. The van der Waals surface area contributed by atoms with Crippen molar-refractivity contribution < 1.29 is 14.8 Å². The number of rotatable bonds is 3. The second-order valence-corrected chi connectivity index (χ2v) is 3.88. The van der Waals surface area contributed by atoms with E-state index in [-0.39, 0.29) is 22.9 Å². The molecule has 0 aliphatic heterocycles. The third-order valence-corrected chi connectivity index (χ3v) is 2.66. The van der Waals surface area contributed by atoms with E-state index in [4.69, 9.17) is 10.00 Å². The molecule has 0 saturated heterocycles. The molecule has 0 amide bonds.